The van der Waals surface area contributed by atoms with Gasteiger partial charge in [0.05, 0.1) is 11.2 Å². The van der Waals surface area contributed by atoms with Crippen LogP contribution in [0, 0.1) is 5.92 Å². The Morgan fingerprint density at radius 3 is 2.27 bits per heavy atom. The number of piperidine rings is 2. The lowest BCUT2D eigenvalue weighted by atomic mass is 9.77. The number of hydrogen-bond donors (Lipinski definition) is 1. The van der Waals surface area contributed by atoms with E-state index in [1.807, 2.05) is 39.8 Å². The first kappa shape index (κ1) is 18.1. The third kappa shape index (κ3) is 3.23. The van der Waals surface area contributed by atoms with Gasteiger partial charge in [-0.2, -0.15) is 0 Å². The van der Waals surface area contributed by atoms with Gasteiger partial charge in [-0.25, -0.2) is 0 Å². The van der Waals surface area contributed by atoms with Crippen LogP contribution in [0.4, 0.5) is 0 Å². The summed E-state index contributed by atoms with van der Waals surface area (Å²) in [5.41, 5.74) is 0.676. The summed E-state index contributed by atoms with van der Waals surface area (Å²) in [6.07, 6.45) is 7.27. The van der Waals surface area contributed by atoms with E-state index in [4.69, 9.17) is 9.31 Å². The Hall–Kier alpha value is -1.24. The first-order valence-electron chi connectivity index (χ1n) is 9.87. The summed E-state index contributed by atoms with van der Waals surface area (Å²) in [7, 11) is -0.435. The Bertz CT molecular complexity index is 661. The van der Waals surface area contributed by atoms with Gasteiger partial charge in [-0.15, -0.1) is 0 Å². The van der Waals surface area contributed by atoms with Crippen molar-refractivity contribution in [3.8, 4) is 0 Å². The zero-order valence-corrected chi connectivity index (χ0v) is 16.2. The van der Waals surface area contributed by atoms with Crippen molar-refractivity contribution in [2.24, 2.45) is 5.92 Å². The molecule has 0 spiro atoms. The molecule has 3 fully saturated rings. The maximum atomic E-state index is 12.9. The number of carbonyl (C=O) groups is 1. The second-order valence-corrected chi connectivity index (χ2v) is 9.09. The zero-order chi connectivity index (χ0) is 18.5. The van der Waals surface area contributed by atoms with Crippen molar-refractivity contribution in [2.75, 3.05) is 0 Å². The van der Waals surface area contributed by atoms with Crippen molar-refractivity contribution < 1.29 is 14.1 Å². The maximum Gasteiger partial charge on any atom is 0.496 e. The molecule has 1 aromatic heterocycles. The van der Waals surface area contributed by atoms with Crippen LogP contribution in [-0.2, 0) is 9.31 Å². The lowest BCUT2D eigenvalue weighted by Crippen LogP contribution is -2.50. The molecule has 5 nitrogen and oxygen atoms in total. The molecule has 6 heteroatoms. The normalized spacial score (nSPS) is 32.5. The third-order valence-electron chi connectivity index (χ3n) is 6.65. The first-order valence-corrected chi connectivity index (χ1v) is 9.87. The summed E-state index contributed by atoms with van der Waals surface area (Å²) in [5, 5.41) is 3.64. The monoisotopic (exact) mass is 356 g/mol. The number of hydrogen-bond acceptors (Lipinski definition) is 5. The summed E-state index contributed by atoms with van der Waals surface area (Å²) in [6.45, 7) is 8.14. The minimum atomic E-state index is -0.435. The number of aromatic nitrogens is 1. The number of carbonyl (C=O) groups excluding carboxylic acids is 1. The van der Waals surface area contributed by atoms with Gasteiger partial charge in [-0.05, 0) is 59.4 Å². The van der Waals surface area contributed by atoms with E-state index in [2.05, 4.69) is 10.3 Å². The third-order valence-corrected chi connectivity index (χ3v) is 6.65. The van der Waals surface area contributed by atoms with Gasteiger partial charge in [-0.1, -0.05) is 12.5 Å². The van der Waals surface area contributed by atoms with Crippen LogP contribution in [0.3, 0.4) is 0 Å². The summed E-state index contributed by atoms with van der Waals surface area (Å²) in [5.74, 6) is 0.283. The molecule has 26 heavy (non-hydrogen) atoms. The molecule has 140 valence electrons. The molecule has 0 aromatic carbocycles. The second kappa shape index (κ2) is 6.43. The highest BCUT2D eigenvalue weighted by Crippen LogP contribution is 2.36. The lowest BCUT2D eigenvalue weighted by Gasteiger charge is -2.39. The molecule has 0 aliphatic carbocycles. The number of Topliss-reactive ketones (excluding diaryl/α,β-unsaturated/α-hetero) is 1. The van der Waals surface area contributed by atoms with E-state index in [0.29, 0.717) is 17.8 Å². The molecule has 4 heterocycles. The molecule has 3 aliphatic rings. The molecule has 0 saturated carbocycles. The zero-order valence-electron chi connectivity index (χ0n) is 16.2. The lowest BCUT2D eigenvalue weighted by molar-refractivity contribution is 0.00578. The topological polar surface area (TPSA) is 60.5 Å². The number of fused-ring (bicyclic) bond motifs is 2. The molecule has 2 atom stereocenters. The van der Waals surface area contributed by atoms with E-state index >= 15 is 0 Å². The van der Waals surface area contributed by atoms with Crippen LogP contribution in [0.25, 0.3) is 0 Å². The Morgan fingerprint density at radius 2 is 1.73 bits per heavy atom. The van der Waals surface area contributed by atoms with Crippen molar-refractivity contribution >= 4 is 18.4 Å². The highest BCUT2D eigenvalue weighted by molar-refractivity contribution is 6.62. The summed E-state index contributed by atoms with van der Waals surface area (Å²) < 4.78 is 12.1. The summed E-state index contributed by atoms with van der Waals surface area (Å²) in [6, 6.07) is 4.76. The van der Waals surface area contributed by atoms with Gasteiger partial charge in [-0.3, -0.25) is 9.78 Å². The van der Waals surface area contributed by atoms with Gasteiger partial charge in [0, 0.05) is 29.7 Å². The van der Waals surface area contributed by atoms with Gasteiger partial charge in [0.1, 0.15) is 5.69 Å². The Balaban J connectivity index is 1.46. The molecular formula is C20H29BN2O3. The van der Waals surface area contributed by atoms with Gasteiger partial charge >= 0.3 is 7.12 Å². The minimum absolute atomic E-state index is 0.0988. The molecule has 0 amide bonds. The van der Waals surface area contributed by atoms with Crippen molar-refractivity contribution in [2.45, 2.75) is 83.1 Å². The SMILES string of the molecule is CC1(C)OB(c2ccc(C(=O)C3CC4CCCC(C3)N4)nc2)OC1(C)C. The average Bonchev–Trinajstić information content (AvgIpc) is 2.82. The van der Waals surface area contributed by atoms with Crippen LogP contribution in [0.1, 0.15) is 70.3 Å². The smallest absolute Gasteiger partial charge is 0.399 e. The average molecular weight is 356 g/mol. The van der Waals surface area contributed by atoms with Crippen LogP contribution in [0.15, 0.2) is 18.3 Å². The number of rotatable bonds is 3. The van der Waals surface area contributed by atoms with E-state index in [0.717, 1.165) is 18.3 Å². The molecule has 2 unspecified atom stereocenters. The highest BCUT2D eigenvalue weighted by Gasteiger charge is 2.51. The van der Waals surface area contributed by atoms with E-state index in [1.54, 1.807) is 6.20 Å². The summed E-state index contributed by atoms with van der Waals surface area (Å²) >= 11 is 0. The van der Waals surface area contributed by atoms with Crippen molar-refractivity contribution in [1.29, 1.82) is 0 Å². The van der Waals surface area contributed by atoms with E-state index < -0.39 is 7.12 Å². The van der Waals surface area contributed by atoms with Crippen molar-refractivity contribution in [3.63, 3.8) is 0 Å². The molecule has 2 bridgehead atoms. The van der Waals surface area contributed by atoms with Crippen LogP contribution in [-0.4, -0.2) is 41.2 Å². The Morgan fingerprint density at radius 1 is 1.12 bits per heavy atom. The van der Waals surface area contributed by atoms with E-state index in [9.17, 15) is 4.79 Å². The molecule has 3 aliphatic heterocycles. The van der Waals surface area contributed by atoms with Gasteiger partial charge in [0.15, 0.2) is 5.78 Å². The fourth-order valence-electron chi connectivity index (χ4n) is 4.36. The molecule has 4 rings (SSSR count). The quantitative estimate of drug-likeness (QED) is 0.666. The van der Waals surface area contributed by atoms with E-state index in [-0.39, 0.29) is 22.9 Å². The minimum Gasteiger partial charge on any atom is -0.399 e. The van der Waals surface area contributed by atoms with Crippen LogP contribution in [0.5, 0.6) is 0 Å². The van der Waals surface area contributed by atoms with Crippen molar-refractivity contribution in [1.82, 2.24) is 10.3 Å². The predicted molar refractivity (Wildman–Crippen MR) is 102 cm³/mol. The Labute approximate surface area is 156 Å². The largest absolute Gasteiger partial charge is 0.496 e. The van der Waals surface area contributed by atoms with Crippen LogP contribution >= 0.6 is 0 Å². The van der Waals surface area contributed by atoms with Gasteiger partial charge < -0.3 is 14.6 Å². The molecule has 0 radical (unpaired) electrons. The van der Waals surface area contributed by atoms with Crippen LogP contribution in [0.2, 0.25) is 0 Å². The molecule has 1 N–H and O–H groups in total. The standard InChI is InChI=1S/C20H29BN2O3/c1-19(2)20(3,4)26-21(25-19)14-8-9-17(22-12-14)18(24)13-10-15-6-5-7-16(11-13)23-15/h8-9,12-13,15-16,23H,5-7,10-11H2,1-4H3. The Kier molecular flexibility index (Phi) is 4.49. The fraction of sp³-hybridized carbons (Fsp3) is 0.700. The van der Waals surface area contributed by atoms with E-state index in [1.165, 1.54) is 19.3 Å². The number of ketones is 1. The number of pyridine rings is 1. The summed E-state index contributed by atoms with van der Waals surface area (Å²) in [4.78, 5) is 17.4. The molecular weight excluding hydrogens is 327 g/mol. The number of nitrogens with one attached hydrogen (secondary N) is 1. The first-order chi connectivity index (χ1) is 12.2. The van der Waals surface area contributed by atoms with Crippen LogP contribution < -0.4 is 10.8 Å². The predicted octanol–water partition coefficient (Wildman–Crippen LogP) is 2.48. The van der Waals surface area contributed by atoms with Gasteiger partial charge in [0.2, 0.25) is 0 Å². The molecule has 3 saturated heterocycles. The number of nitrogens with zero attached hydrogens (tertiary/aromatic N) is 1. The fourth-order valence-corrected chi connectivity index (χ4v) is 4.36. The highest BCUT2D eigenvalue weighted by atomic mass is 16.7. The van der Waals surface area contributed by atoms with Gasteiger partial charge in [0.25, 0.3) is 0 Å². The maximum absolute atomic E-state index is 12.9. The van der Waals surface area contributed by atoms with Crippen molar-refractivity contribution in [3.05, 3.63) is 24.0 Å². The second-order valence-electron chi connectivity index (χ2n) is 9.09. The molecule has 1 aromatic rings.